The van der Waals surface area contributed by atoms with E-state index in [4.69, 9.17) is 4.74 Å². The van der Waals surface area contributed by atoms with E-state index >= 15 is 4.39 Å². The quantitative estimate of drug-likeness (QED) is 0.185. The summed E-state index contributed by atoms with van der Waals surface area (Å²) in [5, 5.41) is 9.57. The van der Waals surface area contributed by atoms with Crippen LogP contribution in [0.15, 0.2) is 66.9 Å². The molecule has 1 aliphatic rings. The first kappa shape index (κ1) is 28.2. The number of benzene rings is 3. The maximum Gasteiger partial charge on any atom is 0.416 e. The number of alkyl halides is 4. The summed E-state index contributed by atoms with van der Waals surface area (Å²) in [6.07, 6.45) is -3.22. The molecule has 1 aromatic heterocycles. The molecule has 0 bridgehead atoms. The maximum atomic E-state index is 15.0. The number of carboxylic acids is 1. The Morgan fingerprint density at radius 3 is 2.32 bits per heavy atom. The van der Waals surface area contributed by atoms with Gasteiger partial charge in [0.05, 0.1) is 23.3 Å². The van der Waals surface area contributed by atoms with Gasteiger partial charge in [0.15, 0.2) is 5.78 Å². The van der Waals surface area contributed by atoms with Crippen molar-refractivity contribution >= 4 is 22.7 Å². The molecular formula is C30H23F5N2O4. The van der Waals surface area contributed by atoms with Gasteiger partial charge < -0.3 is 9.84 Å². The Morgan fingerprint density at radius 2 is 1.68 bits per heavy atom. The molecule has 1 saturated heterocycles. The molecule has 6 nitrogen and oxygen atoms in total. The fraction of sp³-hybridized carbons (Fsp3) is 0.233. The van der Waals surface area contributed by atoms with Crippen molar-refractivity contribution in [2.45, 2.75) is 18.7 Å². The van der Waals surface area contributed by atoms with E-state index in [1.165, 1.54) is 30.3 Å². The number of rotatable bonds is 9. The van der Waals surface area contributed by atoms with Crippen LogP contribution in [-0.4, -0.2) is 59.2 Å². The number of ketones is 1. The molecule has 1 N–H and O–H groups in total. The van der Waals surface area contributed by atoms with Gasteiger partial charge in [-0.15, -0.1) is 0 Å². The van der Waals surface area contributed by atoms with E-state index in [0.29, 0.717) is 37.9 Å². The van der Waals surface area contributed by atoms with Gasteiger partial charge in [-0.3, -0.25) is 19.1 Å². The Hall–Kier alpha value is -4.38. The Kier molecular flexibility index (Phi) is 7.72. The molecule has 4 aromatic rings. The SMILES string of the molecule is O=C(O)c1ccc2c(C(=O)c3ccc(OC4CN(CCCF)C4)cc3)c(-c3ccc(C(F)(F)F)cc3F)cnc2c1. The third kappa shape index (κ3) is 5.90. The zero-order valence-corrected chi connectivity index (χ0v) is 21.4. The molecular weight excluding hydrogens is 547 g/mol. The number of hydrogen-bond donors (Lipinski definition) is 1. The van der Waals surface area contributed by atoms with Crippen molar-refractivity contribution in [3.63, 3.8) is 0 Å². The van der Waals surface area contributed by atoms with Gasteiger partial charge >= 0.3 is 12.1 Å². The van der Waals surface area contributed by atoms with Crippen molar-refractivity contribution < 1.29 is 41.4 Å². The number of halogens is 5. The first-order chi connectivity index (χ1) is 19.5. The molecule has 11 heteroatoms. The van der Waals surface area contributed by atoms with Gasteiger partial charge in [-0.05, 0) is 55.0 Å². The number of aromatic nitrogens is 1. The first-order valence-corrected chi connectivity index (χ1v) is 12.7. The summed E-state index contributed by atoms with van der Waals surface area (Å²) in [7, 11) is 0. The lowest BCUT2D eigenvalue weighted by Crippen LogP contribution is -2.53. The molecule has 1 aliphatic heterocycles. The topological polar surface area (TPSA) is 79.7 Å². The zero-order chi connectivity index (χ0) is 29.3. The largest absolute Gasteiger partial charge is 0.488 e. The molecule has 3 aromatic carbocycles. The summed E-state index contributed by atoms with van der Waals surface area (Å²) in [5.41, 5.74) is -1.27. The van der Waals surface area contributed by atoms with E-state index < -0.39 is 29.3 Å². The average Bonchev–Trinajstić information content (AvgIpc) is 2.92. The van der Waals surface area contributed by atoms with Crippen molar-refractivity contribution in [1.29, 1.82) is 0 Å². The van der Waals surface area contributed by atoms with E-state index in [0.717, 1.165) is 18.3 Å². The third-order valence-corrected chi connectivity index (χ3v) is 6.88. The molecule has 0 aliphatic carbocycles. The molecule has 41 heavy (non-hydrogen) atoms. The molecule has 212 valence electrons. The highest BCUT2D eigenvalue weighted by atomic mass is 19.4. The van der Waals surface area contributed by atoms with Gasteiger partial charge in [0, 0.05) is 53.5 Å². The fourth-order valence-corrected chi connectivity index (χ4v) is 4.77. The third-order valence-electron chi connectivity index (χ3n) is 6.88. The number of nitrogens with zero attached hydrogens (tertiary/aromatic N) is 2. The number of carbonyl (C=O) groups is 2. The highest BCUT2D eigenvalue weighted by Crippen LogP contribution is 2.36. The van der Waals surface area contributed by atoms with E-state index in [9.17, 15) is 32.3 Å². The lowest BCUT2D eigenvalue weighted by Gasteiger charge is -2.38. The summed E-state index contributed by atoms with van der Waals surface area (Å²) in [6, 6.07) is 12.1. The summed E-state index contributed by atoms with van der Waals surface area (Å²) in [5.74, 6) is -2.47. The van der Waals surface area contributed by atoms with Crippen molar-refractivity contribution in [1.82, 2.24) is 9.88 Å². The molecule has 1 fully saturated rings. The molecule has 5 rings (SSSR count). The summed E-state index contributed by atoms with van der Waals surface area (Å²) in [6.45, 7) is 1.59. The van der Waals surface area contributed by atoms with Crippen molar-refractivity contribution in [3.05, 3.63) is 94.9 Å². The second-order valence-electron chi connectivity index (χ2n) is 9.67. The van der Waals surface area contributed by atoms with Crippen LogP contribution in [0.5, 0.6) is 5.75 Å². The number of fused-ring (bicyclic) bond motifs is 1. The number of carboxylic acid groups (broad SMARTS) is 1. The second-order valence-corrected chi connectivity index (χ2v) is 9.67. The Morgan fingerprint density at radius 1 is 0.976 bits per heavy atom. The average molecular weight is 571 g/mol. The first-order valence-electron chi connectivity index (χ1n) is 12.7. The number of likely N-dealkylation sites (tertiary alicyclic amines) is 1. The second kappa shape index (κ2) is 11.2. The predicted molar refractivity (Wildman–Crippen MR) is 140 cm³/mol. The minimum Gasteiger partial charge on any atom is -0.488 e. The summed E-state index contributed by atoms with van der Waals surface area (Å²) in [4.78, 5) is 31.5. The summed E-state index contributed by atoms with van der Waals surface area (Å²) >= 11 is 0. The van der Waals surface area contributed by atoms with Crippen LogP contribution in [0.25, 0.3) is 22.0 Å². The minimum atomic E-state index is -4.76. The van der Waals surface area contributed by atoms with E-state index in [1.807, 2.05) is 0 Å². The van der Waals surface area contributed by atoms with Crippen LogP contribution in [0.2, 0.25) is 0 Å². The van der Waals surface area contributed by atoms with Gasteiger partial charge in [-0.25, -0.2) is 9.18 Å². The summed E-state index contributed by atoms with van der Waals surface area (Å²) < 4.78 is 72.7. The van der Waals surface area contributed by atoms with Crippen LogP contribution in [0.3, 0.4) is 0 Å². The molecule has 0 atom stereocenters. The van der Waals surface area contributed by atoms with Gasteiger partial charge in [-0.2, -0.15) is 13.2 Å². The molecule has 2 heterocycles. The Balaban J connectivity index is 1.50. The van der Waals surface area contributed by atoms with Crippen LogP contribution >= 0.6 is 0 Å². The maximum absolute atomic E-state index is 15.0. The highest BCUT2D eigenvalue weighted by molar-refractivity contribution is 6.20. The number of carbonyl (C=O) groups excluding carboxylic acids is 1. The predicted octanol–water partition coefficient (Wildman–Crippen LogP) is 6.41. The monoisotopic (exact) mass is 570 g/mol. The number of hydrogen-bond acceptors (Lipinski definition) is 5. The molecule has 0 unspecified atom stereocenters. The van der Waals surface area contributed by atoms with E-state index in [1.54, 1.807) is 12.1 Å². The van der Waals surface area contributed by atoms with Crippen LogP contribution in [-0.2, 0) is 6.18 Å². The normalized spacial score (nSPS) is 14.2. The molecule has 0 spiro atoms. The highest BCUT2D eigenvalue weighted by Gasteiger charge is 2.32. The van der Waals surface area contributed by atoms with Crippen molar-refractivity contribution in [3.8, 4) is 16.9 Å². The van der Waals surface area contributed by atoms with Gasteiger partial charge in [0.2, 0.25) is 0 Å². The van der Waals surface area contributed by atoms with E-state index in [-0.39, 0.29) is 51.5 Å². The van der Waals surface area contributed by atoms with Gasteiger partial charge in [0.1, 0.15) is 17.7 Å². The van der Waals surface area contributed by atoms with Crippen LogP contribution < -0.4 is 4.74 Å². The molecule has 0 radical (unpaired) electrons. The minimum absolute atomic E-state index is 0.0400. The number of ether oxygens (including phenoxy) is 1. The zero-order valence-electron chi connectivity index (χ0n) is 21.4. The standard InChI is InChI=1S/C30H23F5N2O4/c31-10-1-11-37-15-21(16-37)41-20-6-2-17(3-7-20)28(38)27-23-8-4-18(29(39)40)12-26(23)36-14-24(27)22-9-5-19(13-25(22)32)30(33,34)35/h2-9,12-14,21H,1,10-11,15-16H2,(H,39,40). The van der Waals surface area contributed by atoms with Gasteiger partial charge in [0.25, 0.3) is 0 Å². The van der Waals surface area contributed by atoms with Crippen LogP contribution in [0.4, 0.5) is 22.0 Å². The molecule has 0 amide bonds. The van der Waals surface area contributed by atoms with Crippen molar-refractivity contribution in [2.75, 3.05) is 26.3 Å². The number of pyridine rings is 1. The lowest BCUT2D eigenvalue weighted by atomic mass is 9.91. The van der Waals surface area contributed by atoms with E-state index in [2.05, 4.69) is 9.88 Å². The Labute approximate surface area is 231 Å². The van der Waals surface area contributed by atoms with Crippen LogP contribution in [0.1, 0.15) is 38.3 Å². The molecule has 0 saturated carbocycles. The van der Waals surface area contributed by atoms with Crippen LogP contribution in [0, 0.1) is 5.82 Å². The smallest absolute Gasteiger partial charge is 0.416 e. The fourth-order valence-electron chi connectivity index (χ4n) is 4.77. The number of aromatic carboxylic acids is 1. The lowest BCUT2D eigenvalue weighted by molar-refractivity contribution is -0.137. The Bertz CT molecular complexity index is 1620. The van der Waals surface area contributed by atoms with Gasteiger partial charge in [-0.1, -0.05) is 12.1 Å². The van der Waals surface area contributed by atoms with Crippen molar-refractivity contribution in [2.24, 2.45) is 0 Å².